The number of anilines is 1. The van der Waals surface area contributed by atoms with Crippen molar-refractivity contribution in [2.45, 2.75) is 38.2 Å². The van der Waals surface area contributed by atoms with Gasteiger partial charge >= 0.3 is 12.1 Å². The number of rotatable bonds is 5. The van der Waals surface area contributed by atoms with E-state index in [4.69, 9.17) is 37.8 Å². The Bertz CT molecular complexity index is 1450. The molecule has 2 amide bonds. The zero-order chi connectivity index (χ0) is 31.1. The molecule has 0 aromatic heterocycles. The molecule has 13 heteroatoms. The first-order chi connectivity index (χ1) is 20.4. The van der Waals surface area contributed by atoms with Gasteiger partial charge in [0.05, 0.1) is 18.8 Å². The van der Waals surface area contributed by atoms with Crippen LogP contribution in [-0.2, 0) is 22.7 Å². The molecule has 228 valence electrons. The van der Waals surface area contributed by atoms with Crippen molar-refractivity contribution in [3.8, 4) is 5.75 Å². The number of carboxylic acid groups (broad SMARTS) is 1. The number of alkyl halides is 3. The predicted octanol–water partition coefficient (Wildman–Crippen LogP) is 5.95. The molecular formula is C30H28Cl2F3N3O5. The number of piperidine rings is 1. The smallest absolute Gasteiger partial charge is 0.490 e. The fraction of sp³-hybridized carbons (Fsp3) is 0.300. The average molecular weight is 638 g/mol. The van der Waals surface area contributed by atoms with Gasteiger partial charge in [0.15, 0.2) is 0 Å². The maximum Gasteiger partial charge on any atom is 0.490 e. The van der Waals surface area contributed by atoms with Crippen LogP contribution >= 0.6 is 23.2 Å². The number of carbonyl (C=O) groups is 3. The van der Waals surface area contributed by atoms with Gasteiger partial charge in [0, 0.05) is 21.2 Å². The molecule has 2 N–H and O–H groups in total. The Kier molecular flexibility index (Phi) is 10.5. The van der Waals surface area contributed by atoms with Gasteiger partial charge in [-0.2, -0.15) is 13.2 Å². The van der Waals surface area contributed by atoms with Gasteiger partial charge in [-0.25, -0.2) is 4.79 Å². The number of nitrogens with zero attached hydrogens (tertiary/aromatic N) is 2. The van der Waals surface area contributed by atoms with E-state index in [1.54, 1.807) is 35.2 Å². The minimum Gasteiger partial charge on any atom is -0.490 e. The summed E-state index contributed by atoms with van der Waals surface area (Å²) in [6, 6.07) is 20.0. The van der Waals surface area contributed by atoms with E-state index in [9.17, 15) is 22.8 Å². The molecule has 0 radical (unpaired) electrons. The fourth-order valence-electron chi connectivity index (χ4n) is 4.64. The molecular weight excluding hydrogens is 610 g/mol. The number of carbonyl (C=O) groups excluding carboxylic acids is 2. The lowest BCUT2D eigenvalue weighted by atomic mass is 10.1. The van der Waals surface area contributed by atoms with Crippen molar-refractivity contribution in [3.05, 3.63) is 93.5 Å². The van der Waals surface area contributed by atoms with Gasteiger partial charge in [0.25, 0.3) is 5.91 Å². The zero-order valence-corrected chi connectivity index (χ0v) is 24.3. The van der Waals surface area contributed by atoms with Gasteiger partial charge in [-0.15, -0.1) is 0 Å². The molecule has 2 aliphatic heterocycles. The van der Waals surface area contributed by atoms with Gasteiger partial charge in [0.2, 0.25) is 5.91 Å². The van der Waals surface area contributed by atoms with Gasteiger partial charge in [-0.3, -0.25) is 9.59 Å². The first-order valence-electron chi connectivity index (χ1n) is 13.3. The highest BCUT2D eigenvalue weighted by Crippen LogP contribution is 2.33. The molecule has 0 unspecified atom stereocenters. The summed E-state index contributed by atoms with van der Waals surface area (Å²) < 4.78 is 37.8. The highest BCUT2D eigenvalue weighted by molar-refractivity contribution is 6.32. The summed E-state index contributed by atoms with van der Waals surface area (Å²) in [7, 11) is 0. The largest absolute Gasteiger partial charge is 0.490 e. The lowest BCUT2D eigenvalue weighted by Gasteiger charge is -2.25. The normalized spacial score (nSPS) is 15.6. The number of aliphatic carboxylic acids is 1. The van der Waals surface area contributed by atoms with Crippen molar-refractivity contribution in [1.29, 1.82) is 0 Å². The molecule has 0 saturated carbocycles. The summed E-state index contributed by atoms with van der Waals surface area (Å²) in [5.74, 6) is -2.34. The van der Waals surface area contributed by atoms with Crippen LogP contribution in [-0.4, -0.2) is 59.7 Å². The SMILES string of the molecule is O=C(O)C(F)(F)F.O=C(c1ccc(Cl)cc1)N1CC(=O)N(Cc2ccc(OC3CCNCC3)cc2)c2cccc(Cl)c2C1. The first-order valence-corrected chi connectivity index (χ1v) is 14.1. The van der Waals surface area contributed by atoms with Gasteiger partial charge in [-0.05, 0) is 80.0 Å². The van der Waals surface area contributed by atoms with Crippen molar-refractivity contribution >= 4 is 46.7 Å². The van der Waals surface area contributed by atoms with Crippen LogP contribution in [0, 0.1) is 0 Å². The molecule has 1 saturated heterocycles. The molecule has 3 aromatic rings. The fourth-order valence-corrected chi connectivity index (χ4v) is 5.00. The minimum atomic E-state index is -5.08. The number of amides is 2. The van der Waals surface area contributed by atoms with Crippen LogP contribution in [0.25, 0.3) is 0 Å². The number of fused-ring (bicyclic) bond motifs is 1. The maximum atomic E-state index is 13.5. The summed E-state index contributed by atoms with van der Waals surface area (Å²) in [4.78, 5) is 38.8. The third kappa shape index (κ3) is 8.62. The Morgan fingerprint density at radius 2 is 1.58 bits per heavy atom. The standard InChI is InChI=1S/C28H27Cl2N3O3.C2HF3O2/c29-21-8-6-20(7-9-21)28(35)32-17-24-25(30)2-1-3-26(24)33(27(34)18-32)16-19-4-10-22(11-5-19)36-23-12-14-31-15-13-23;3-2(4,5)1(6)7/h1-11,23,31H,12-18H2;(H,6,7). The molecule has 0 spiro atoms. The predicted molar refractivity (Wildman–Crippen MR) is 155 cm³/mol. The number of hydrogen-bond acceptors (Lipinski definition) is 5. The lowest BCUT2D eigenvalue weighted by molar-refractivity contribution is -0.192. The van der Waals surface area contributed by atoms with Crippen molar-refractivity contribution in [2.75, 3.05) is 24.5 Å². The summed E-state index contributed by atoms with van der Waals surface area (Å²) in [5.41, 5.74) is 2.90. The second-order valence-electron chi connectivity index (χ2n) is 9.90. The Hall–Kier alpha value is -3.80. The van der Waals surface area contributed by atoms with E-state index in [0.29, 0.717) is 27.8 Å². The van der Waals surface area contributed by atoms with Crippen molar-refractivity contribution in [3.63, 3.8) is 0 Å². The minimum absolute atomic E-state index is 0.0522. The zero-order valence-electron chi connectivity index (χ0n) is 22.7. The monoisotopic (exact) mass is 637 g/mol. The molecule has 43 heavy (non-hydrogen) atoms. The second-order valence-corrected chi connectivity index (χ2v) is 10.7. The maximum absolute atomic E-state index is 13.5. The molecule has 2 heterocycles. The van der Waals surface area contributed by atoms with Crippen LogP contribution < -0.4 is 15.0 Å². The average Bonchev–Trinajstić information content (AvgIpc) is 3.11. The highest BCUT2D eigenvalue weighted by atomic mass is 35.5. The van der Waals surface area contributed by atoms with Crippen LogP contribution in [0.2, 0.25) is 10.0 Å². The number of carboxylic acids is 1. The van der Waals surface area contributed by atoms with E-state index in [0.717, 1.165) is 42.8 Å². The van der Waals surface area contributed by atoms with E-state index in [1.807, 2.05) is 36.4 Å². The van der Waals surface area contributed by atoms with E-state index in [-0.39, 0.29) is 31.0 Å². The van der Waals surface area contributed by atoms with E-state index in [1.165, 1.54) is 4.90 Å². The third-order valence-corrected chi connectivity index (χ3v) is 7.44. The summed E-state index contributed by atoms with van der Waals surface area (Å²) in [5, 5.41) is 11.5. The second kappa shape index (κ2) is 14.1. The van der Waals surface area contributed by atoms with Gasteiger partial charge in [-0.1, -0.05) is 41.4 Å². The van der Waals surface area contributed by atoms with Crippen LogP contribution in [0.15, 0.2) is 66.7 Å². The third-order valence-electron chi connectivity index (χ3n) is 6.83. The quantitative estimate of drug-likeness (QED) is 0.359. The topological polar surface area (TPSA) is 99.2 Å². The molecule has 5 rings (SSSR count). The van der Waals surface area contributed by atoms with Crippen LogP contribution in [0.4, 0.5) is 18.9 Å². The Morgan fingerprint density at radius 1 is 0.953 bits per heavy atom. The Balaban J connectivity index is 0.000000541. The molecule has 1 fully saturated rings. The molecule has 3 aromatic carbocycles. The summed E-state index contributed by atoms with van der Waals surface area (Å²) >= 11 is 12.5. The van der Waals surface area contributed by atoms with E-state index in [2.05, 4.69) is 5.32 Å². The molecule has 0 aliphatic carbocycles. The number of ether oxygens (including phenoxy) is 1. The number of hydrogen-bond donors (Lipinski definition) is 2. The van der Waals surface area contributed by atoms with Crippen molar-refractivity contribution in [1.82, 2.24) is 10.2 Å². The van der Waals surface area contributed by atoms with Gasteiger partial charge in [0.1, 0.15) is 18.4 Å². The summed E-state index contributed by atoms with van der Waals surface area (Å²) in [6.45, 7) is 2.49. The first kappa shape index (κ1) is 32.1. The molecule has 2 aliphatic rings. The van der Waals surface area contributed by atoms with E-state index >= 15 is 0 Å². The van der Waals surface area contributed by atoms with Gasteiger partial charge < -0.3 is 25.0 Å². The molecule has 0 bridgehead atoms. The molecule has 0 atom stereocenters. The number of benzene rings is 3. The Morgan fingerprint density at radius 3 is 2.19 bits per heavy atom. The van der Waals surface area contributed by atoms with Crippen molar-refractivity contribution < 1.29 is 37.4 Å². The van der Waals surface area contributed by atoms with Crippen LogP contribution in [0.3, 0.4) is 0 Å². The van der Waals surface area contributed by atoms with Crippen LogP contribution in [0.5, 0.6) is 5.75 Å². The Labute approximate surface area is 255 Å². The highest BCUT2D eigenvalue weighted by Gasteiger charge is 2.38. The summed E-state index contributed by atoms with van der Waals surface area (Å²) in [6.07, 6.45) is -2.87. The van der Waals surface area contributed by atoms with Crippen LogP contribution in [0.1, 0.15) is 34.3 Å². The van der Waals surface area contributed by atoms with E-state index < -0.39 is 12.1 Å². The number of halogens is 5. The lowest BCUT2D eigenvalue weighted by Crippen LogP contribution is -2.39. The van der Waals surface area contributed by atoms with Crippen molar-refractivity contribution in [2.24, 2.45) is 0 Å². The number of nitrogens with one attached hydrogen (secondary N) is 1. The molecule has 8 nitrogen and oxygen atoms in total.